The lowest BCUT2D eigenvalue weighted by atomic mass is 9.90. The van der Waals surface area contributed by atoms with Gasteiger partial charge in [0.25, 0.3) is 0 Å². The van der Waals surface area contributed by atoms with Crippen LogP contribution in [0.15, 0.2) is 0 Å². The minimum atomic E-state index is -0.112. The molecule has 20 heavy (non-hydrogen) atoms. The molecule has 1 rings (SSSR count). The molecule has 0 radical (unpaired) electrons. The first-order valence-corrected chi connectivity index (χ1v) is 8.64. The van der Waals surface area contributed by atoms with Crippen LogP contribution >= 0.6 is 0 Å². The molecule has 0 aromatic heterocycles. The summed E-state index contributed by atoms with van der Waals surface area (Å²) in [5, 5.41) is 12.9. The van der Waals surface area contributed by atoms with Crippen molar-refractivity contribution in [3.63, 3.8) is 0 Å². The molecule has 3 nitrogen and oxygen atoms in total. The molecule has 120 valence electrons. The Hall–Kier alpha value is -0.120. The van der Waals surface area contributed by atoms with Gasteiger partial charge < -0.3 is 15.2 Å². The quantitative estimate of drug-likeness (QED) is 0.571. The van der Waals surface area contributed by atoms with E-state index in [0.29, 0.717) is 0 Å². The van der Waals surface area contributed by atoms with Crippen molar-refractivity contribution >= 4 is 0 Å². The summed E-state index contributed by atoms with van der Waals surface area (Å²) in [6, 6.07) is 0. The molecular weight excluding hydrogens is 250 g/mol. The third-order valence-corrected chi connectivity index (χ3v) is 4.50. The zero-order valence-electron chi connectivity index (χ0n) is 13.6. The highest BCUT2D eigenvalue weighted by Crippen LogP contribution is 2.23. The van der Waals surface area contributed by atoms with Gasteiger partial charge in [-0.3, -0.25) is 0 Å². The lowest BCUT2D eigenvalue weighted by Crippen LogP contribution is -2.46. The molecule has 2 N–H and O–H groups in total. The van der Waals surface area contributed by atoms with Crippen LogP contribution in [0.5, 0.6) is 0 Å². The van der Waals surface area contributed by atoms with Crippen LogP contribution in [0.25, 0.3) is 0 Å². The summed E-state index contributed by atoms with van der Waals surface area (Å²) < 4.78 is 5.82. The molecule has 1 saturated carbocycles. The molecule has 1 atom stereocenters. The van der Waals surface area contributed by atoms with Gasteiger partial charge in [-0.2, -0.15) is 0 Å². The van der Waals surface area contributed by atoms with Crippen molar-refractivity contribution in [2.45, 2.75) is 77.2 Å². The number of hydrogen-bond donors (Lipinski definition) is 2. The molecule has 1 aliphatic rings. The summed E-state index contributed by atoms with van der Waals surface area (Å²) in [6.45, 7) is 7.32. The Morgan fingerprint density at radius 1 is 1.20 bits per heavy atom. The molecule has 0 spiro atoms. The van der Waals surface area contributed by atoms with E-state index in [9.17, 15) is 5.11 Å². The van der Waals surface area contributed by atoms with E-state index in [2.05, 4.69) is 19.2 Å². The molecule has 0 bridgehead atoms. The van der Waals surface area contributed by atoms with Gasteiger partial charge in [-0.05, 0) is 57.9 Å². The van der Waals surface area contributed by atoms with Gasteiger partial charge in [0.1, 0.15) is 0 Å². The molecule has 1 fully saturated rings. The average molecular weight is 285 g/mol. The highest BCUT2D eigenvalue weighted by atomic mass is 16.5. The van der Waals surface area contributed by atoms with E-state index in [1.807, 2.05) is 0 Å². The van der Waals surface area contributed by atoms with Crippen LogP contribution in [0.4, 0.5) is 0 Å². The number of aliphatic hydroxyl groups excluding tert-OH is 1. The van der Waals surface area contributed by atoms with E-state index in [0.717, 1.165) is 51.4 Å². The number of hydrogen-bond acceptors (Lipinski definition) is 3. The second-order valence-electron chi connectivity index (χ2n) is 6.68. The van der Waals surface area contributed by atoms with Crippen LogP contribution in [0.2, 0.25) is 0 Å². The third kappa shape index (κ3) is 7.61. The first-order valence-electron chi connectivity index (χ1n) is 8.64. The molecule has 1 aliphatic carbocycles. The van der Waals surface area contributed by atoms with E-state index in [1.165, 1.54) is 32.1 Å². The molecule has 1 unspecified atom stereocenters. The van der Waals surface area contributed by atoms with Crippen LogP contribution in [-0.2, 0) is 4.74 Å². The maximum absolute atomic E-state index is 9.49. The van der Waals surface area contributed by atoms with Crippen LogP contribution < -0.4 is 5.32 Å². The minimum Gasteiger partial charge on any atom is -0.394 e. The first-order chi connectivity index (χ1) is 9.70. The van der Waals surface area contributed by atoms with Gasteiger partial charge in [-0.1, -0.05) is 26.2 Å². The lowest BCUT2D eigenvalue weighted by molar-refractivity contribution is 0.0798. The van der Waals surface area contributed by atoms with Crippen molar-refractivity contribution in [3.8, 4) is 0 Å². The normalized spacial score (nSPS) is 19.9. The van der Waals surface area contributed by atoms with Crippen LogP contribution in [0.1, 0.15) is 71.6 Å². The molecule has 0 saturated heterocycles. The maximum Gasteiger partial charge on any atom is 0.0610 e. The van der Waals surface area contributed by atoms with Crippen molar-refractivity contribution in [1.82, 2.24) is 5.32 Å². The first kappa shape index (κ1) is 17.9. The Kier molecular flexibility index (Phi) is 9.49. The van der Waals surface area contributed by atoms with Crippen LogP contribution in [0.3, 0.4) is 0 Å². The molecule has 0 aromatic rings. The Morgan fingerprint density at radius 2 is 1.95 bits per heavy atom. The molecule has 0 heterocycles. The smallest absolute Gasteiger partial charge is 0.0610 e. The van der Waals surface area contributed by atoms with E-state index in [-0.39, 0.29) is 12.1 Å². The predicted octanol–water partition coefficient (Wildman–Crippen LogP) is 3.50. The molecule has 0 aromatic carbocycles. The van der Waals surface area contributed by atoms with E-state index in [1.54, 1.807) is 0 Å². The summed E-state index contributed by atoms with van der Waals surface area (Å²) in [7, 11) is 0. The lowest BCUT2D eigenvalue weighted by Gasteiger charge is -2.29. The summed E-state index contributed by atoms with van der Waals surface area (Å²) in [4.78, 5) is 0. The Morgan fingerprint density at radius 3 is 2.60 bits per heavy atom. The second kappa shape index (κ2) is 10.6. The molecular formula is C17H35NO2. The van der Waals surface area contributed by atoms with Gasteiger partial charge in [-0.15, -0.1) is 0 Å². The number of rotatable bonds is 11. The molecule has 3 heteroatoms. The zero-order chi connectivity index (χ0) is 14.7. The van der Waals surface area contributed by atoms with Crippen LogP contribution in [-0.4, -0.2) is 37.0 Å². The van der Waals surface area contributed by atoms with Crippen molar-refractivity contribution in [2.24, 2.45) is 5.92 Å². The van der Waals surface area contributed by atoms with Gasteiger partial charge in [0.15, 0.2) is 0 Å². The Bertz CT molecular complexity index is 229. The zero-order valence-corrected chi connectivity index (χ0v) is 13.6. The van der Waals surface area contributed by atoms with E-state index >= 15 is 0 Å². The summed E-state index contributed by atoms with van der Waals surface area (Å²) in [5.41, 5.74) is -0.112. The number of aliphatic hydroxyl groups is 1. The van der Waals surface area contributed by atoms with Crippen molar-refractivity contribution < 1.29 is 9.84 Å². The number of unbranched alkanes of at least 4 members (excludes halogenated alkanes) is 1. The Labute approximate surface area is 125 Å². The fraction of sp³-hybridized carbons (Fsp3) is 1.00. The number of nitrogens with one attached hydrogen (secondary N) is 1. The van der Waals surface area contributed by atoms with Crippen molar-refractivity contribution in [2.75, 3.05) is 26.4 Å². The Balaban J connectivity index is 1.99. The van der Waals surface area contributed by atoms with Gasteiger partial charge in [-0.25, -0.2) is 0 Å². The number of ether oxygens (including phenoxy) is 1. The summed E-state index contributed by atoms with van der Waals surface area (Å²) >= 11 is 0. The van der Waals surface area contributed by atoms with Crippen LogP contribution in [0, 0.1) is 5.92 Å². The van der Waals surface area contributed by atoms with Gasteiger partial charge in [0.05, 0.1) is 6.61 Å². The average Bonchev–Trinajstić information content (AvgIpc) is 2.50. The highest BCUT2D eigenvalue weighted by molar-refractivity contribution is 4.81. The maximum atomic E-state index is 9.49. The fourth-order valence-corrected chi connectivity index (χ4v) is 2.97. The second-order valence-corrected chi connectivity index (χ2v) is 6.68. The predicted molar refractivity (Wildman–Crippen MR) is 85.0 cm³/mol. The largest absolute Gasteiger partial charge is 0.394 e. The molecule has 0 aliphatic heterocycles. The van der Waals surface area contributed by atoms with Gasteiger partial charge >= 0.3 is 0 Å². The van der Waals surface area contributed by atoms with Crippen molar-refractivity contribution in [1.29, 1.82) is 0 Å². The van der Waals surface area contributed by atoms with Crippen molar-refractivity contribution in [3.05, 3.63) is 0 Å². The monoisotopic (exact) mass is 285 g/mol. The summed E-state index contributed by atoms with van der Waals surface area (Å²) in [6.07, 6.45) is 11.3. The van der Waals surface area contributed by atoms with E-state index in [4.69, 9.17) is 4.74 Å². The molecule has 0 amide bonds. The fourth-order valence-electron chi connectivity index (χ4n) is 2.97. The third-order valence-electron chi connectivity index (χ3n) is 4.50. The highest BCUT2D eigenvalue weighted by Gasteiger charge is 2.21. The van der Waals surface area contributed by atoms with Gasteiger partial charge in [0.2, 0.25) is 0 Å². The summed E-state index contributed by atoms with van der Waals surface area (Å²) in [5.74, 6) is 0.817. The van der Waals surface area contributed by atoms with Gasteiger partial charge in [0, 0.05) is 18.8 Å². The van der Waals surface area contributed by atoms with E-state index < -0.39 is 0 Å². The standard InChI is InChI=1S/C17H35NO2/c1-3-12-18-17(2,15-19)11-7-8-13-20-14-16-9-5-4-6-10-16/h16,18-19H,3-15H2,1-2H3. The minimum absolute atomic E-state index is 0.112. The SMILES string of the molecule is CCCNC(C)(CO)CCCCOCC1CCCCC1. The topological polar surface area (TPSA) is 41.5 Å².